The van der Waals surface area contributed by atoms with Crippen molar-refractivity contribution in [3.05, 3.63) is 65.7 Å². The number of carbonyl (C=O) groups excluding carboxylic acids is 2. The average Bonchev–Trinajstić information content (AvgIpc) is 2.77. The summed E-state index contributed by atoms with van der Waals surface area (Å²) in [5.74, 6) is 0.456. The highest BCUT2D eigenvalue weighted by molar-refractivity contribution is 5.91. The van der Waals surface area contributed by atoms with Gasteiger partial charge in [0.15, 0.2) is 0 Å². The van der Waals surface area contributed by atoms with Gasteiger partial charge in [0.2, 0.25) is 11.8 Å². The molecule has 0 aromatic heterocycles. The fourth-order valence-corrected chi connectivity index (χ4v) is 4.60. The lowest BCUT2D eigenvalue weighted by molar-refractivity contribution is -0.133. The molecule has 3 unspecified atom stereocenters. The van der Waals surface area contributed by atoms with Gasteiger partial charge in [-0.15, -0.1) is 0 Å². The lowest BCUT2D eigenvalue weighted by atomic mass is 9.72. The van der Waals surface area contributed by atoms with E-state index in [0.717, 1.165) is 42.5 Å². The Hall–Kier alpha value is -2.70. The Labute approximate surface area is 177 Å². The predicted octanol–water partition coefficient (Wildman–Crippen LogP) is 3.19. The van der Waals surface area contributed by atoms with E-state index in [0.29, 0.717) is 12.5 Å². The number of rotatable bonds is 7. The lowest BCUT2D eigenvalue weighted by Crippen LogP contribution is -2.60. The van der Waals surface area contributed by atoms with Crippen molar-refractivity contribution in [1.29, 1.82) is 0 Å². The Morgan fingerprint density at radius 3 is 2.70 bits per heavy atom. The molecule has 30 heavy (non-hydrogen) atoms. The molecule has 1 aliphatic carbocycles. The van der Waals surface area contributed by atoms with Crippen LogP contribution in [0.25, 0.3) is 0 Å². The first-order chi connectivity index (χ1) is 14.7. The van der Waals surface area contributed by atoms with Gasteiger partial charge in [-0.05, 0) is 48.4 Å². The average molecular weight is 408 g/mol. The number of ether oxygens (including phenoxy) is 1. The van der Waals surface area contributed by atoms with E-state index in [9.17, 15) is 9.59 Å². The van der Waals surface area contributed by atoms with Crippen molar-refractivity contribution in [2.24, 2.45) is 11.8 Å². The lowest BCUT2D eigenvalue weighted by Gasteiger charge is -2.41. The van der Waals surface area contributed by atoms with Gasteiger partial charge < -0.3 is 10.1 Å². The summed E-state index contributed by atoms with van der Waals surface area (Å²) in [7, 11) is 0. The van der Waals surface area contributed by atoms with Crippen molar-refractivity contribution < 1.29 is 14.3 Å². The van der Waals surface area contributed by atoms with Crippen molar-refractivity contribution in [3.63, 3.8) is 0 Å². The number of amides is 2. The third-order valence-corrected chi connectivity index (χ3v) is 6.06. The zero-order chi connectivity index (χ0) is 20.8. The molecular formula is C24H29N3O3. The first-order valence-electron chi connectivity index (χ1n) is 10.7. The first-order valence-corrected chi connectivity index (χ1v) is 10.7. The first kappa shape index (κ1) is 20.6. The van der Waals surface area contributed by atoms with Gasteiger partial charge in [0, 0.05) is 17.6 Å². The summed E-state index contributed by atoms with van der Waals surface area (Å²) in [5.41, 5.74) is 9.02. The van der Waals surface area contributed by atoms with Crippen LogP contribution in [-0.4, -0.2) is 24.5 Å². The topological polar surface area (TPSA) is 79.5 Å². The molecule has 3 N–H and O–H groups in total. The minimum atomic E-state index is -0.168. The summed E-state index contributed by atoms with van der Waals surface area (Å²) in [6.07, 6.45) is 5.20. The van der Waals surface area contributed by atoms with Gasteiger partial charge in [-0.1, -0.05) is 55.3 Å². The van der Waals surface area contributed by atoms with E-state index in [2.05, 4.69) is 22.2 Å². The molecule has 6 heteroatoms. The standard InChI is InChI=1S/C24H29N3O3/c28-23(16-30-15-17-7-2-1-3-8-17)25-19-10-6-9-18(13-19)14-22-20-11-4-5-12-21(20)24(29)27-26-22/h1-3,6-10,13,20-22,26H,4-5,11-12,14-16H2,(H,25,28)(H,27,29). The highest BCUT2D eigenvalue weighted by Gasteiger charge is 2.39. The third-order valence-electron chi connectivity index (χ3n) is 6.06. The number of carbonyl (C=O) groups is 2. The van der Waals surface area contributed by atoms with Gasteiger partial charge in [-0.2, -0.15) is 0 Å². The number of anilines is 1. The van der Waals surface area contributed by atoms with E-state index in [-0.39, 0.29) is 30.4 Å². The summed E-state index contributed by atoms with van der Waals surface area (Å²) in [6, 6.07) is 17.9. The number of hydrogen-bond donors (Lipinski definition) is 3. The summed E-state index contributed by atoms with van der Waals surface area (Å²) < 4.78 is 5.51. The molecule has 2 aliphatic rings. The Bertz CT molecular complexity index is 871. The largest absolute Gasteiger partial charge is 0.367 e. The molecule has 2 aromatic rings. The SMILES string of the molecule is O=C(COCc1ccccc1)Nc1cccc(CC2NNC(=O)C3CCCCC23)c1. The number of hydrazine groups is 1. The molecular weight excluding hydrogens is 378 g/mol. The molecule has 1 saturated carbocycles. The Morgan fingerprint density at radius 1 is 1.03 bits per heavy atom. The van der Waals surface area contributed by atoms with Gasteiger partial charge in [-0.25, -0.2) is 5.43 Å². The number of fused-ring (bicyclic) bond motifs is 1. The number of benzene rings is 2. The van der Waals surface area contributed by atoms with Crippen LogP contribution in [0.15, 0.2) is 54.6 Å². The van der Waals surface area contributed by atoms with Crippen molar-refractivity contribution in [1.82, 2.24) is 10.9 Å². The van der Waals surface area contributed by atoms with Crippen LogP contribution in [0.1, 0.15) is 36.8 Å². The molecule has 6 nitrogen and oxygen atoms in total. The highest BCUT2D eigenvalue weighted by Crippen LogP contribution is 2.35. The molecule has 2 amide bonds. The minimum absolute atomic E-state index is 0.0130. The summed E-state index contributed by atoms with van der Waals surface area (Å²) in [6.45, 7) is 0.426. The highest BCUT2D eigenvalue weighted by atomic mass is 16.5. The molecule has 2 aromatic carbocycles. The maximum atomic E-state index is 12.2. The van der Waals surface area contributed by atoms with Crippen LogP contribution in [0.3, 0.4) is 0 Å². The van der Waals surface area contributed by atoms with Crippen molar-refractivity contribution in [2.45, 2.75) is 44.8 Å². The van der Waals surface area contributed by atoms with Gasteiger partial charge in [0.25, 0.3) is 0 Å². The fourth-order valence-electron chi connectivity index (χ4n) is 4.60. The second kappa shape index (κ2) is 9.87. The van der Waals surface area contributed by atoms with Crippen LogP contribution in [0.2, 0.25) is 0 Å². The fraction of sp³-hybridized carbons (Fsp3) is 0.417. The molecule has 0 spiro atoms. The van der Waals surface area contributed by atoms with Crippen molar-refractivity contribution >= 4 is 17.5 Å². The third kappa shape index (κ3) is 5.26. The van der Waals surface area contributed by atoms with Gasteiger partial charge in [0.1, 0.15) is 6.61 Å². The van der Waals surface area contributed by atoms with Crippen molar-refractivity contribution in [3.8, 4) is 0 Å². The van der Waals surface area contributed by atoms with Gasteiger partial charge in [0.05, 0.1) is 6.61 Å². The molecule has 1 heterocycles. The molecule has 0 bridgehead atoms. The summed E-state index contributed by atoms with van der Waals surface area (Å²) >= 11 is 0. The minimum Gasteiger partial charge on any atom is -0.367 e. The molecule has 1 saturated heterocycles. The molecule has 1 aliphatic heterocycles. The van der Waals surface area contributed by atoms with Crippen LogP contribution in [-0.2, 0) is 27.4 Å². The van der Waals surface area contributed by atoms with E-state index in [1.54, 1.807) is 0 Å². The van der Waals surface area contributed by atoms with Crippen LogP contribution in [0.5, 0.6) is 0 Å². The Kier molecular flexibility index (Phi) is 6.77. The molecule has 2 fully saturated rings. The van der Waals surface area contributed by atoms with Crippen molar-refractivity contribution in [2.75, 3.05) is 11.9 Å². The normalized spacial score (nSPS) is 23.3. The van der Waals surface area contributed by atoms with Crippen LogP contribution in [0.4, 0.5) is 5.69 Å². The monoisotopic (exact) mass is 407 g/mol. The maximum absolute atomic E-state index is 12.2. The molecule has 158 valence electrons. The van der Waals surface area contributed by atoms with Crippen LogP contribution >= 0.6 is 0 Å². The number of hydrogen-bond acceptors (Lipinski definition) is 4. The van der Waals surface area contributed by atoms with Crippen LogP contribution in [0, 0.1) is 11.8 Å². The zero-order valence-corrected chi connectivity index (χ0v) is 17.1. The molecule has 4 rings (SSSR count). The second-order valence-corrected chi connectivity index (χ2v) is 8.23. The van der Waals surface area contributed by atoms with Gasteiger partial charge in [-0.3, -0.25) is 15.0 Å². The summed E-state index contributed by atoms with van der Waals surface area (Å²) in [4.78, 5) is 24.4. The van der Waals surface area contributed by atoms with Gasteiger partial charge >= 0.3 is 0 Å². The van der Waals surface area contributed by atoms with E-state index < -0.39 is 0 Å². The van der Waals surface area contributed by atoms with Crippen LogP contribution < -0.4 is 16.2 Å². The predicted molar refractivity (Wildman–Crippen MR) is 115 cm³/mol. The zero-order valence-electron chi connectivity index (χ0n) is 17.1. The van der Waals surface area contributed by atoms with E-state index in [4.69, 9.17) is 4.74 Å². The summed E-state index contributed by atoms with van der Waals surface area (Å²) in [5, 5.41) is 2.92. The van der Waals surface area contributed by atoms with E-state index >= 15 is 0 Å². The molecule has 3 atom stereocenters. The smallest absolute Gasteiger partial charge is 0.250 e. The molecule has 0 radical (unpaired) electrons. The number of nitrogens with one attached hydrogen (secondary N) is 3. The van der Waals surface area contributed by atoms with E-state index in [1.807, 2.05) is 48.5 Å². The Morgan fingerprint density at radius 2 is 1.83 bits per heavy atom. The second-order valence-electron chi connectivity index (χ2n) is 8.23. The Balaban J connectivity index is 1.30. The van der Waals surface area contributed by atoms with E-state index in [1.165, 1.54) is 6.42 Å². The quantitative estimate of drug-likeness (QED) is 0.659. The maximum Gasteiger partial charge on any atom is 0.250 e.